The summed E-state index contributed by atoms with van der Waals surface area (Å²) in [6.45, 7) is 4.11. The largest absolute Gasteiger partial charge is 0.384 e. The zero-order valence-electron chi connectivity index (χ0n) is 19.7. The highest BCUT2D eigenvalue weighted by Gasteiger charge is 2.35. The summed E-state index contributed by atoms with van der Waals surface area (Å²) in [7, 11) is 1.72. The van der Waals surface area contributed by atoms with Gasteiger partial charge in [-0.2, -0.15) is 14.9 Å². The van der Waals surface area contributed by atoms with Crippen LogP contribution in [0.3, 0.4) is 0 Å². The lowest BCUT2D eigenvalue weighted by molar-refractivity contribution is -0.140. The fourth-order valence-corrected chi connectivity index (χ4v) is 4.19. The van der Waals surface area contributed by atoms with Crippen LogP contribution in [0, 0.1) is 0 Å². The van der Waals surface area contributed by atoms with E-state index < -0.39 is 23.1 Å². The molecule has 0 saturated carbocycles. The lowest BCUT2D eigenvalue weighted by atomic mass is 9.89. The van der Waals surface area contributed by atoms with Gasteiger partial charge in [-0.25, -0.2) is 0 Å². The third-order valence-electron chi connectivity index (χ3n) is 6.18. The van der Waals surface area contributed by atoms with Gasteiger partial charge in [0.15, 0.2) is 0 Å². The van der Waals surface area contributed by atoms with Gasteiger partial charge in [-0.1, -0.05) is 23.7 Å². The molecule has 1 aliphatic rings. The van der Waals surface area contributed by atoms with E-state index in [1.165, 1.54) is 19.2 Å². The molecular formula is C24H27ClN6O4. The Morgan fingerprint density at radius 3 is 2.43 bits per heavy atom. The van der Waals surface area contributed by atoms with Gasteiger partial charge in [-0.3, -0.25) is 19.1 Å². The van der Waals surface area contributed by atoms with E-state index in [0.29, 0.717) is 47.9 Å². The molecule has 2 aromatic heterocycles. The number of aliphatic hydroxyl groups is 1. The highest BCUT2D eigenvalue weighted by atomic mass is 35.5. The van der Waals surface area contributed by atoms with Crippen molar-refractivity contribution in [2.75, 3.05) is 13.1 Å². The molecule has 0 radical (unpaired) electrons. The summed E-state index contributed by atoms with van der Waals surface area (Å²) in [5, 5.41) is 21.7. The molecule has 11 heteroatoms. The number of aromatic nitrogens is 4. The number of piperidine rings is 1. The number of nitrogens with zero attached hydrogens (tertiary/aromatic N) is 5. The minimum Gasteiger partial charge on any atom is -0.384 e. The molecule has 0 bridgehead atoms. The van der Waals surface area contributed by atoms with Gasteiger partial charge in [0, 0.05) is 36.3 Å². The van der Waals surface area contributed by atoms with E-state index in [0.717, 1.165) is 4.68 Å². The smallest absolute Gasteiger partial charge is 0.284 e. The SMILES string of the molecule is CC(O)C(=O)N1CCC(C)(NC(=O)c2cc(-c3ccc(Cl)cc3)nn(-c3cnn(C)c3)c2=O)CC1. The Kier molecular flexibility index (Phi) is 6.77. The number of halogens is 1. The fourth-order valence-electron chi connectivity index (χ4n) is 4.06. The third-order valence-corrected chi connectivity index (χ3v) is 6.44. The van der Waals surface area contributed by atoms with Crippen molar-refractivity contribution in [3.8, 4) is 16.9 Å². The highest BCUT2D eigenvalue weighted by molar-refractivity contribution is 6.30. The normalized spacial score (nSPS) is 16.1. The molecule has 10 nitrogen and oxygen atoms in total. The monoisotopic (exact) mass is 498 g/mol. The zero-order valence-corrected chi connectivity index (χ0v) is 20.5. The number of benzene rings is 1. The summed E-state index contributed by atoms with van der Waals surface area (Å²) in [6, 6.07) is 8.42. The first-order chi connectivity index (χ1) is 16.6. The molecule has 1 atom stereocenters. The van der Waals surface area contributed by atoms with Gasteiger partial charge in [0.1, 0.15) is 17.4 Å². The summed E-state index contributed by atoms with van der Waals surface area (Å²) < 4.78 is 2.71. The van der Waals surface area contributed by atoms with Gasteiger partial charge in [0.2, 0.25) is 0 Å². The van der Waals surface area contributed by atoms with Gasteiger partial charge in [0.05, 0.1) is 18.1 Å². The molecule has 1 aromatic carbocycles. The van der Waals surface area contributed by atoms with E-state index in [-0.39, 0.29) is 11.5 Å². The predicted molar refractivity (Wildman–Crippen MR) is 130 cm³/mol. The average molecular weight is 499 g/mol. The Balaban J connectivity index is 1.66. The Morgan fingerprint density at radius 2 is 1.86 bits per heavy atom. The van der Waals surface area contributed by atoms with Crippen molar-refractivity contribution in [2.45, 2.75) is 38.3 Å². The number of rotatable bonds is 5. The van der Waals surface area contributed by atoms with Crippen LogP contribution in [0.5, 0.6) is 0 Å². The summed E-state index contributed by atoms with van der Waals surface area (Å²) in [5.41, 5.74) is 0.298. The second-order valence-corrected chi connectivity index (χ2v) is 9.49. The lowest BCUT2D eigenvalue weighted by Crippen LogP contribution is -2.56. The molecule has 1 fully saturated rings. The van der Waals surface area contributed by atoms with Gasteiger partial charge in [0.25, 0.3) is 17.4 Å². The Bertz CT molecular complexity index is 1310. The van der Waals surface area contributed by atoms with Crippen molar-refractivity contribution >= 4 is 23.4 Å². The zero-order chi connectivity index (χ0) is 25.3. The Morgan fingerprint density at radius 1 is 1.20 bits per heavy atom. The van der Waals surface area contributed by atoms with Crippen molar-refractivity contribution in [2.24, 2.45) is 7.05 Å². The number of hydrogen-bond donors (Lipinski definition) is 2. The Labute approximate surface area is 207 Å². The summed E-state index contributed by atoms with van der Waals surface area (Å²) >= 11 is 6.02. The maximum absolute atomic E-state index is 13.4. The quantitative estimate of drug-likeness (QED) is 0.553. The molecule has 1 aliphatic heterocycles. The number of likely N-dealkylation sites (tertiary alicyclic amines) is 1. The topological polar surface area (TPSA) is 122 Å². The van der Waals surface area contributed by atoms with Crippen LogP contribution >= 0.6 is 11.6 Å². The third kappa shape index (κ3) is 5.28. The van der Waals surface area contributed by atoms with E-state index >= 15 is 0 Å². The first kappa shape index (κ1) is 24.6. The van der Waals surface area contributed by atoms with Crippen LogP contribution in [0.15, 0.2) is 47.5 Å². The van der Waals surface area contributed by atoms with Crippen LogP contribution in [0.25, 0.3) is 16.9 Å². The maximum atomic E-state index is 13.4. The van der Waals surface area contributed by atoms with Crippen LogP contribution in [-0.4, -0.2) is 66.1 Å². The lowest BCUT2D eigenvalue weighted by Gasteiger charge is -2.40. The van der Waals surface area contributed by atoms with Crippen molar-refractivity contribution in [1.29, 1.82) is 0 Å². The maximum Gasteiger partial charge on any atom is 0.284 e. The fraction of sp³-hybridized carbons (Fsp3) is 0.375. The second-order valence-electron chi connectivity index (χ2n) is 9.06. The second kappa shape index (κ2) is 9.63. The highest BCUT2D eigenvalue weighted by Crippen LogP contribution is 2.24. The van der Waals surface area contributed by atoms with Crippen molar-refractivity contribution in [3.63, 3.8) is 0 Å². The summed E-state index contributed by atoms with van der Waals surface area (Å²) in [4.78, 5) is 40.4. The molecule has 0 aliphatic carbocycles. The number of aryl methyl sites for hydroxylation is 1. The number of aliphatic hydroxyl groups excluding tert-OH is 1. The van der Waals surface area contributed by atoms with Gasteiger partial charge in [-0.05, 0) is 44.9 Å². The molecular weight excluding hydrogens is 472 g/mol. The molecule has 0 spiro atoms. The molecule has 3 heterocycles. The van der Waals surface area contributed by atoms with Crippen molar-refractivity contribution < 1.29 is 14.7 Å². The van der Waals surface area contributed by atoms with Crippen LogP contribution in [0.2, 0.25) is 5.02 Å². The van der Waals surface area contributed by atoms with E-state index in [2.05, 4.69) is 15.5 Å². The molecule has 35 heavy (non-hydrogen) atoms. The van der Waals surface area contributed by atoms with Crippen LogP contribution < -0.4 is 10.9 Å². The van der Waals surface area contributed by atoms with Gasteiger partial charge >= 0.3 is 0 Å². The molecule has 1 saturated heterocycles. The molecule has 4 rings (SSSR count). The first-order valence-corrected chi connectivity index (χ1v) is 11.6. The van der Waals surface area contributed by atoms with Crippen LogP contribution in [-0.2, 0) is 11.8 Å². The number of amides is 2. The summed E-state index contributed by atoms with van der Waals surface area (Å²) in [6.07, 6.45) is 3.05. The number of carbonyl (C=O) groups excluding carboxylic acids is 2. The first-order valence-electron chi connectivity index (χ1n) is 11.2. The number of hydrogen-bond acceptors (Lipinski definition) is 6. The standard InChI is InChI=1S/C24H27ClN6O4/c1-15(32)22(34)30-10-8-24(2,9-11-30)27-21(33)19-12-20(16-4-6-17(25)7-5-16)28-31(23(19)35)18-13-26-29(3)14-18/h4-7,12-15,32H,8-11H2,1-3H3,(H,27,33). The molecule has 2 amide bonds. The van der Waals surface area contributed by atoms with Crippen LogP contribution in [0.1, 0.15) is 37.0 Å². The van der Waals surface area contributed by atoms with Crippen LogP contribution in [0.4, 0.5) is 0 Å². The Hall–Kier alpha value is -3.50. The van der Waals surface area contributed by atoms with E-state index in [9.17, 15) is 19.5 Å². The number of nitrogens with one attached hydrogen (secondary N) is 1. The number of carbonyl (C=O) groups is 2. The van der Waals surface area contributed by atoms with E-state index in [1.807, 2.05) is 6.92 Å². The minimum absolute atomic E-state index is 0.0579. The van der Waals surface area contributed by atoms with E-state index in [4.69, 9.17) is 11.6 Å². The van der Waals surface area contributed by atoms with E-state index in [1.54, 1.807) is 47.1 Å². The summed E-state index contributed by atoms with van der Waals surface area (Å²) in [5.74, 6) is -0.859. The molecule has 184 valence electrons. The van der Waals surface area contributed by atoms with Crippen molar-refractivity contribution in [1.82, 2.24) is 29.8 Å². The van der Waals surface area contributed by atoms with Crippen molar-refractivity contribution in [3.05, 3.63) is 63.7 Å². The minimum atomic E-state index is -1.07. The molecule has 2 N–H and O–H groups in total. The molecule has 1 unspecified atom stereocenters. The predicted octanol–water partition coefficient (Wildman–Crippen LogP) is 1.78. The average Bonchev–Trinajstić information content (AvgIpc) is 3.25. The molecule has 3 aromatic rings. The van der Waals surface area contributed by atoms with Gasteiger partial charge in [-0.15, -0.1) is 0 Å². The van der Waals surface area contributed by atoms with Gasteiger partial charge < -0.3 is 15.3 Å².